The van der Waals surface area contributed by atoms with Crippen LogP contribution in [0.1, 0.15) is 22.3 Å². The standard InChI is InChI=1S/C27H26N6/c1-18-13-24(14-19(2)20(18)3)31-27-28-12-11-26(32-27)30-23-9-10-25-22(15-23)16-29-33(25)17-21-7-5-4-6-8-21/h4-16H,17H2,1-3H3,(H2,28,30,31,32). The van der Waals surface area contributed by atoms with Crippen LogP contribution in [-0.2, 0) is 6.54 Å². The van der Waals surface area contributed by atoms with Crippen LogP contribution in [0.5, 0.6) is 0 Å². The van der Waals surface area contributed by atoms with Crippen LogP contribution in [0.4, 0.5) is 23.1 Å². The number of anilines is 4. The second kappa shape index (κ2) is 8.74. The maximum atomic E-state index is 4.63. The van der Waals surface area contributed by atoms with E-state index in [1.165, 1.54) is 22.3 Å². The second-order valence-corrected chi connectivity index (χ2v) is 8.31. The van der Waals surface area contributed by atoms with Crippen molar-refractivity contribution in [3.05, 3.63) is 101 Å². The normalized spacial score (nSPS) is 11.0. The van der Waals surface area contributed by atoms with Gasteiger partial charge in [0.05, 0.1) is 18.3 Å². The van der Waals surface area contributed by atoms with Crippen LogP contribution < -0.4 is 10.6 Å². The molecule has 0 atom stereocenters. The molecule has 0 aliphatic rings. The number of fused-ring (bicyclic) bond motifs is 1. The van der Waals surface area contributed by atoms with Gasteiger partial charge in [0, 0.05) is 23.0 Å². The van der Waals surface area contributed by atoms with Gasteiger partial charge in [0.15, 0.2) is 0 Å². The van der Waals surface area contributed by atoms with Crippen LogP contribution in [0.25, 0.3) is 10.9 Å². The fraction of sp³-hybridized carbons (Fsp3) is 0.148. The second-order valence-electron chi connectivity index (χ2n) is 8.31. The van der Waals surface area contributed by atoms with Crippen LogP contribution >= 0.6 is 0 Å². The number of nitrogens with zero attached hydrogens (tertiary/aromatic N) is 4. The molecule has 6 nitrogen and oxygen atoms in total. The topological polar surface area (TPSA) is 67.7 Å². The molecular formula is C27H26N6. The van der Waals surface area contributed by atoms with E-state index in [-0.39, 0.29) is 0 Å². The van der Waals surface area contributed by atoms with E-state index in [1.54, 1.807) is 6.20 Å². The van der Waals surface area contributed by atoms with Gasteiger partial charge < -0.3 is 10.6 Å². The van der Waals surface area contributed by atoms with Gasteiger partial charge in [0.1, 0.15) is 5.82 Å². The van der Waals surface area contributed by atoms with Gasteiger partial charge >= 0.3 is 0 Å². The van der Waals surface area contributed by atoms with E-state index in [1.807, 2.05) is 29.1 Å². The van der Waals surface area contributed by atoms with Crippen molar-refractivity contribution in [2.24, 2.45) is 0 Å². The number of benzene rings is 3. The summed E-state index contributed by atoms with van der Waals surface area (Å²) in [5.74, 6) is 1.28. The van der Waals surface area contributed by atoms with Crippen LogP contribution in [0.15, 0.2) is 79.1 Å². The highest BCUT2D eigenvalue weighted by atomic mass is 15.3. The van der Waals surface area contributed by atoms with E-state index in [2.05, 4.69) is 95.0 Å². The Bertz CT molecular complexity index is 1400. The lowest BCUT2D eigenvalue weighted by Gasteiger charge is -2.11. The van der Waals surface area contributed by atoms with Gasteiger partial charge in [0.2, 0.25) is 5.95 Å². The third-order valence-electron chi connectivity index (χ3n) is 5.93. The molecule has 33 heavy (non-hydrogen) atoms. The molecule has 2 heterocycles. The molecule has 3 aromatic carbocycles. The van der Waals surface area contributed by atoms with E-state index < -0.39 is 0 Å². The van der Waals surface area contributed by atoms with Crippen LogP contribution in [0.3, 0.4) is 0 Å². The van der Waals surface area contributed by atoms with Crippen LogP contribution in [-0.4, -0.2) is 19.7 Å². The highest BCUT2D eigenvalue weighted by Gasteiger charge is 2.07. The molecule has 164 valence electrons. The first-order valence-corrected chi connectivity index (χ1v) is 11.0. The molecule has 0 unspecified atom stereocenters. The minimum Gasteiger partial charge on any atom is -0.340 e. The fourth-order valence-corrected chi connectivity index (χ4v) is 3.92. The van der Waals surface area contributed by atoms with Crippen molar-refractivity contribution < 1.29 is 0 Å². The quantitative estimate of drug-likeness (QED) is 0.329. The highest BCUT2D eigenvalue weighted by molar-refractivity contribution is 5.83. The largest absolute Gasteiger partial charge is 0.340 e. The number of aryl methyl sites for hydroxylation is 2. The van der Waals surface area contributed by atoms with Gasteiger partial charge in [-0.1, -0.05) is 30.3 Å². The first-order chi connectivity index (χ1) is 16.0. The van der Waals surface area contributed by atoms with Gasteiger partial charge in [-0.15, -0.1) is 0 Å². The molecule has 0 radical (unpaired) electrons. The average molecular weight is 435 g/mol. The van der Waals surface area contributed by atoms with Gasteiger partial charge in [-0.05, 0) is 79.4 Å². The number of rotatable bonds is 6. The Morgan fingerprint density at radius 3 is 2.39 bits per heavy atom. The summed E-state index contributed by atoms with van der Waals surface area (Å²) in [6, 6.07) is 22.7. The summed E-state index contributed by atoms with van der Waals surface area (Å²) in [6.07, 6.45) is 3.65. The van der Waals surface area contributed by atoms with Crippen molar-refractivity contribution in [3.63, 3.8) is 0 Å². The Hall–Kier alpha value is -4.19. The minimum atomic E-state index is 0.555. The first-order valence-electron chi connectivity index (χ1n) is 11.0. The maximum absolute atomic E-state index is 4.63. The lowest BCUT2D eigenvalue weighted by Crippen LogP contribution is -2.02. The van der Waals surface area contributed by atoms with E-state index in [9.17, 15) is 0 Å². The zero-order valence-corrected chi connectivity index (χ0v) is 19.0. The Labute approximate surface area is 193 Å². The molecule has 2 aromatic heterocycles. The van der Waals surface area contributed by atoms with E-state index in [0.717, 1.165) is 34.6 Å². The number of hydrogen-bond donors (Lipinski definition) is 2. The predicted molar refractivity (Wildman–Crippen MR) is 135 cm³/mol. The summed E-state index contributed by atoms with van der Waals surface area (Å²) in [6.45, 7) is 7.11. The molecule has 5 rings (SSSR count). The van der Waals surface area contributed by atoms with E-state index in [4.69, 9.17) is 0 Å². The molecule has 0 saturated heterocycles. The minimum absolute atomic E-state index is 0.555. The van der Waals surface area contributed by atoms with Gasteiger partial charge in [-0.25, -0.2) is 4.98 Å². The smallest absolute Gasteiger partial charge is 0.229 e. The lowest BCUT2D eigenvalue weighted by molar-refractivity contribution is 0.712. The van der Waals surface area contributed by atoms with Crippen molar-refractivity contribution in [2.75, 3.05) is 10.6 Å². The molecule has 0 bridgehead atoms. The van der Waals surface area contributed by atoms with Crippen LogP contribution in [0, 0.1) is 20.8 Å². The summed E-state index contributed by atoms with van der Waals surface area (Å²) >= 11 is 0. The Kier molecular flexibility index (Phi) is 5.48. The molecule has 2 N–H and O–H groups in total. The zero-order chi connectivity index (χ0) is 22.8. The Balaban J connectivity index is 1.33. The van der Waals surface area contributed by atoms with Gasteiger partial charge in [0.25, 0.3) is 0 Å². The molecule has 5 aromatic rings. The SMILES string of the molecule is Cc1cc(Nc2nccc(Nc3ccc4c(cnn4Cc4ccccc4)c3)n2)cc(C)c1C. The summed E-state index contributed by atoms with van der Waals surface area (Å²) in [5.41, 5.74) is 8.05. The van der Waals surface area contributed by atoms with Crippen molar-refractivity contribution in [3.8, 4) is 0 Å². The highest BCUT2D eigenvalue weighted by Crippen LogP contribution is 2.24. The lowest BCUT2D eigenvalue weighted by atomic mass is 10.0. The Morgan fingerprint density at radius 2 is 1.61 bits per heavy atom. The molecule has 6 heteroatoms. The molecule has 0 aliphatic carbocycles. The van der Waals surface area contributed by atoms with Crippen molar-refractivity contribution in [2.45, 2.75) is 27.3 Å². The summed E-state index contributed by atoms with van der Waals surface area (Å²) in [5, 5.41) is 12.4. The number of nitrogens with one attached hydrogen (secondary N) is 2. The Morgan fingerprint density at radius 1 is 0.818 bits per heavy atom. The number of aromatic nitrogens is 4. The van der Waals surface area contributed by atoms with Gasteiger partial charge in [-0.3, -0.25) is 4.68 Å². The number of hydrogen-bond acceptors (Lipinski definition) is 5. The van der Waals surface area contributed by atoms with Crippen molar-refractivity contribution in [1.29, 1.82) is 0 Å². The third-order valence-corrected chi connectivity index (χ3v) is 5.93. The molecule has 0 saturated carbocycles. The van der Waals surface area contributed by atoms with Crippen LogP contribution in [0.2, 0.25) is 0 Å². The third kappa shape index (κ3) is 4.55. The molecule has 0 spiro atoms. The van der Waals surface area contributed by atoms with E-state index in [0.29, 0.717) is 5.95 Å². The van der Waals surface area contributed by atoms with Gasteiger partial charge in [-0.2, -0.15) is 10.1 Å². The van der Waals surface area contributed by atoms with Crippen molar-refractivity contribution in [1.82, 2.24) is 19.7 Å². The molecular weight excluding hydrogens is 408 g/mol. The van der Waals surface area contributed by atoms with E-state index >= 15 is 0 Å². The predicted octanol–water partition coefficient (Wildman–Crippen LogP) is 6.29. The first kappa shape index (κ1) is 20.7. The summed E-state index contributed by atoms with van der Waals surface area (Å²) < 4.78 is 2.02. The zero-order valence-electron chi connectivity index (χ0n) is 19.0. The fourth-order valence-electron chi connectivity index (χ4n) is 3.92. The van der Waals surface area contributed by atoms with Crippen molar-refractivity contribution >= 4 is 34.0 Å². The molecule has 0 amide bonds. The molecule has 0 fully saturated rings. The monoisotopic (exact) mass is 434 g/mol. The average Bonchev–Trinajstić information content (AvgIpc) is 3.20. The summed E-state index contributed by atoms with van der Waals surface area (Å²) in [7, 11) is 0. The molecule has 0 aliphatic heterocycles. The maximum Gasteiger partial charge on any atom is 0.229 e. The summed E-state index contributed by atoms with van der Waals surface area (Å²) in [4.78, 5) is 9.01.